The van der Waals surface area contributed by atoms with Crippen LogP contribution in [-0.2, 0) is 44.8 Å². The summed E-state index contributed by atoms with van der Waals surface area (Å²) in [6.07, 6.45) is 1.30. The van der Waals surface area contributed by atoms with Crippen molar-refractivity contribution in [1.82, 2.24) is 10.4 Å². The quantitative estimate of drug-likeness (QED) is 0.360. The number of hydroxylamine groups is 2. The van der Waals surface area contributed by atoms with E-state index < -0.39 is 36.9 Å². The summed E-state index contributed by atoms with van der Waals surface area (Å²) in [6.45, 7) is -1.05. The second-order valence-corrected chi connectivity index (χ2v) is 6.25. The number of ether oxygens (including phenoxy) is 1. The molecule has 0 spiro atoms. The predicted molar refractivity (Wildman–Crippen MR) is 100 cm³/mol. The maximum atomic E-state index is 11.9. The standard InChI is InChI=1S/C19H21N3O8/c23-10-9-20-15(24)6-3-13-1-4-14(5-2-13)21-16(25)11-29-12-19(28)30-22-17(26)7-8-18(22)27/h1-2,4-5,10H,3,6-9,11-12H2,(H,20,24)(H,21,25). The summed E-state index contributed by atoms with van der Waals surface area (Å²) in [7, 11) is 0. The van der Waals surface area contributed by atoms with Crippen molar-refractivity contribution < 1.29 is 38.3 Å². The number of carbonyl (C=O) groups is 6. The van der Waals surface area contributed by atoms with Crippen LogP contribution in [-0.4, -0.2) is 60.7 Å². The number of aldehydes is 1. The Balaban J connectivity index is 1.66. The second kappa shape index (κ2) is 11.4. The van der Waals surface area contributed by atoms with E-state index in [1.54, 1.807) is 24.3 Å². The first-order valence-electron chi connectivity index (χ1n) is 9.12. The van der Waals surface area contributed by atoms with E-state index in [-0.39, 0.29) is 31.7 Å². The van der Waals surface area contributed by atoms with Gasteiger partial charge < -0.3 is 25.0 Å². The Morgan fingerprint density at radius 1 is 1.00 bits per heavy atom. The number of hydrogen-bond donors (Lipinski definition) is 2. The van der Waals surface area contributed by atoms with Gasteiger partial charge in [0.2, 0.25) is 11.8 Å². The molecule has 11 heteroatoms. The third-order valence-electron chi connectivity index (χ3n) is 3.91. The lowest BCUT2D eigenvalue weighted by atomic mass is 10.1. The van der Waals surface area contributed by atoms with E-state index in [1.165, 1.54) is 0 Å². The first-order valence-corrected chi connectivity index (χ1v) is 9.12. The van der Waals surface area contributed by atoms with Crippen molar-refractivity contribution in [3.8, 4) is 0 Å². The van der Waals surface area contributed by atoms with Crippen LogP contribution in [0, 0.1) is 0 Å². The molecule has 0 unspecified atom stereocenters. The largest absolute Gasteiger partial charge is 0.360 e. The van der Waals surface area contributed by atoms with E-state index in [2.05, 4.69) is 15.5 Å². The Hall–Kier alpha value is -3.60. The average Bonchev–Trinajstić information content (AvgIpc) is 3.03. The maximum absolute atomic E-state index is 11.9. The van der Waals surface area contributed by atoms with Crippen LogP contribution >= 0.6 is 0 Å². The molecule has 160 valence electrons. The third kappa shape index (κ3) is 7.43. The zero-order chi connectivity index (χ0) is 21.9. The summed E-state index contributed by atoms with van der Waals surface area (Å²) < 4.78 is 4.93. The van der Waals surface area contributed by atoms with Crippen molar-refractivity contribution in [2.75, 3.05) is 25.1 Å². The Morgan fingerprint density at radius 3 is 2.30 bits per heavy atom. The topological polar surface area (TPSA) is 148 Å². The number of anilines is 1. The predicted octanol–water partition coefficient (Wildman–Crippen LogP) is -0.503. The fourth-order valence-electron chi connectivity index (χ4n) is 2.47. The molecule has 0 radical (unpaired) electrons. The van der Waals surface area contributed by atoms with Gasteiger partial charge in [0.1, 0.15) is 19.5 Å². The van der Waals surface area contributed by atoms with Gasteiger partial charge >= 0.3 is 5.97 Å². The summed E-state index contributed by atoms with van der Waals surface area (Å²) in [5.74, 6) is -2.91. The number of nitrogens with zero attached hydrogens (tertiary/aromatic N) is 1. The molecule has 0 atom stereocenters. The van der Waals surface area contributed by atoms with Gasteiger partial charge in [-0.1, -0.05) is 12.1 Å². The monoisotopic (exact) mass is 419 g/mol. The maximum Gasteiger partial charge on any atom is 0.358 e. The molecule has 1 aromatic rings. The molecule has 1 fully saturated rings. The number of carbonyl (C=O) groups excluding carboxylic acids is 6. The van der Waals surface area contributed by atoms with Gasteiger partial charge in [-0.15, -0.1) is 5.06 Å². The van der Waals surface area contributed by atoms with Crippen LogP contribution in [0.15, 0.2) is 24.3 Å². The molecule has 1 aromatic carbocycles. The lowest BCUT2D eigenvalue weighted by Gasteiger charge is -2.12. The first-order chi connectivity index (χ1) is 14.4. The molecule has 30 heavy (non-hydrogen) atoms. The van der Waals surface area contributed by atoms with Crippen LogP contribution in [0.25, 0.3) is 0 Å². The molecule has 2 N–H and O–H groups in total. The Labute approximate surface area is 171 Å². The zero-order valence-electron chi connectivity index (χ0n) is 16.0. The van der Waals surface area contributed by atoms with Crippen LogP contribution < -0.4 is 10.6 Å². The Bertz CT molecular complexity index is 806. The van der Waals surface area contributed by atoms with Gasteiger partial charge in [-0.2, -0.15) is 0 Å². The van der Waals surface area contributed by atoms with Gasteiger partial charge in [0, 0.05) is 24.9 Å². The van der Waals surface area contributed by atoms with E-state index in [4.69, 9.17) is 4.74 Å². The SMILES string of the molecule is O=CCNC(=O)CCc1ccc(NC(=O)COCC(=O)ON2C(=O)CCC2=O)cc1. The number of hydrogen-bond acceptors (Lipinski definition) is 8. The molecular weight excluding hydrogens is 398 g/mol. The zero-order valence-corrected chi connectivity index (χ0v) is 16.0. The lowest BCUT2D eigenvalue weighted by Crippen LogP contribution is -2.34. The van der Waals surface area contributed by atoms with Gasteiger partial charge in [-0.3, -0.25) is 19.2 Å². The highest BCUT2D eigenvalue weighted by molar-refractivity contribution is 6.01. The van der Waals surface area contributed by atoms with Crippen molar-refractivity contribution >= 4 is 41.6 Å². The molecule has 0 bridgehead atoms. The van der Waals surface area contributed by atoms with E-state index in [0.29, 0.717) is 23.5 Å². The van der Waals surface area contributed by atoms with Crippen LogP contribution in [0.3, 0.4) is 0 Å². The van der Waals surface area contributed by atoms with Gasteiger partial charge in [0.05, 0.1) is 6.54 Å². The molecule has 1 heterocycles. The number of imide groups is 1. The number of nitrogens with one attached hydrogen (secondary N) is 2. The molecule has 1 saturated heterocycles. The van der Waals surface area contributed by atoms with Gasteiger partial charge in [0.25, 0.3) is 11.8 Å². The summed E-state index contributed by atoms with van der Waals surface area (Å²) >= 11 is 0. The molecule has 11 nitrogen and oxygen atoms in total. The van der Waals surface area contributed by atoms with E-state index in [0.717, 1.165) is 5.56 Å². The Kier molecular flexibility index (Phi) is 8.63. The van der Waals surface area contributed by atoms with Crippen LogP contribution in [0.1, 0.15) is 24.8 Å². The summed E-state index contributed by atoms with van der Waals surface area (Å²) in [4.78, 5) is 72.3. The van der Waals surface area contributed by atoms with Crippen molar-refractivity contribution in [3.63, 3.8) is 0 Å². The summed E-state index contributed by atoms with van der Waals surface area (Å²) in [5, 5.41) is 5.42. The van der Waals surface area contributed by atoms with Crippen molar-refractivity contribution in [2.24, 2.45) is 0 Å². The van der Waals surface area contributed by atoms with Crippen molar-refractivity contribution in [2.45, 2.75) is 25.7 Å². The highest BCUT2D eigenvalue weighted by Gasteiger charge is 2.32. The van der Waals surface area contributed by atoms with Crippen molar-refractivity contribution in [1.29, 1.82) is 0 Å². The number of rotatable bonds is 11. The minimum absolute atomic E-state index is 0.0124. The average molecular weight is 419 g/mol. The second-order valence-electron chi connectivity index (χ2n) is 6.25. The summed E-state index contributed by atoms with van der Waals surface area (Å²) in [5.41, 5.74) is 1.37. The molecule has 0 aliphatic carbocycles. The van der Waals surface area contributed by atoms with E-state index in [1.807, 2.05) is 0 Å². The minimum Gasteiger partial charge on any atom is -0.360 e. The highest BCUT2D eigenvalue weighted by atomic mass is 16.7. The molecule has 4 amide bonds. The molecular formula is C19H21N3O8. The molecule has 2 rings (SSSR count). The molecule has 0 saturated carbocycles. The molecule has 1 aliphatic heterocycles. The smallest absolute Gasteiger partial charge is 0.358 e. The normalized spacial score (nSPS) is 13.1. The molecule has 1 aliphatic rings. The van der Waals surface area contributed by atoms with E-state index >= 15 is 0 Å². The number of benzene rings is 1. The van der Waals surface area contributed by atoms with Crippen LogP contribution in [0.4, 0.5) is 5.69 Å². The van der Waals surface area contributed by atoms with Gasteiger partial charge in [-0.25, -0.2) is 4.79 Å². The number of amides is 4. The van der Waals surface area contributed by atoms with Crippen molar-refractivity contribution in [3.05, 3.63) is 29.8 Å². The minimum atomic E-state index is -0.965. The first kappa shape index (κ1) is 22.7. The molecule has 0 aromatic heterocycles. The fourth-order valence-corrected chi connectivity index (χ4v) is 2.47. The van der Waals surface area contributed by atoms with Gasteiger partial charge in [0.15, 0.2) is 0 Å². The number of aryl methyl sites for hydroxylation is 1. The Morgan fingerprint density at radius 2 is 1.67 bits per heavy atom. The fraction of sp³-hybridized carbons (Fsp3) is 0.368. The third-order valence-corrected chi connectivity index (χ3v) is 3.91. The summed E-state index contributed by atoms with van der Waals surface area (Å²) in [6, 6.07) is 6.78. The lowest BCUT2D eigenvalue weighted by molar-refractivity contribution is -0.200. The van der Waals surface area contributed by atoms with Crippen LogP contribution in [0.2, 0.25) is 0 Å². The van der Waals surface area contributed by atoms with E-state index in [9.17, 15) is 28.8 Å². The van der Waals surface area contributed by atoms with Crippen LogP contribution in [0.5, 0.6) is 0 Å². The highest BCUT2D eigenvalue weighted by Crippen LogP contribution is 2.12. The van der Waals surface area contributed by atoms with Gasteiger partial charge in [-0.05, 0) is 24.1 Å².